The molecule has 2 unspecified atom stereocenters. The van der Waals surface area contributed by atoms with Crippen LogP contribution in [0.1, 0.15) is 44.7 Å². The van der Waals surface area contributed by atoms with Crippen molar-refractivity contribution < 1.29 is 19.8 Å². The molecule has 2 aromatic carbocycles. The summed E-state index contributed by atoms with van der Waals surface area (Å²) in [7, 11) is 0. The van der Waals surface area contributed by atoms with Crippen LogP contribution in [0, 0.1) is 0 Å². The molecule has 164 valence electrons. The summed E-state index contributed by atoms with van der Waals surface area (Å²) in [5.41, 5.74) is 3.39. The van der Waals surface area contributed by atoms with Crippen molar-refractivity contribution in [2.75, 3.05) is 19.6 Å². The molecule has 0 bridgehead atoms. The molecule has 0 aliphatic carbocycles. The average Bonchev–Trinajstić information content (AvgIpc) is 2.81. The van der Waals surface area contributed by atoms with Crippen molar-refractivity contribution in [2.24, 2.45) is 0 Å². The lowest BCUT2D eigenvalue weighted by Crippen LogP contribution is -2.49. The number of fused-ring (bicyclic) bond motifs is 1. The molecule has 2 amide bonds. The van der Waals surface area contributed by atoms with Crippen LogP contribution in [0.25, 0.3) is 0 Å². The number of aliphatic hydroxyl groups is 2. The maximum atomic E-state index is 12.6. The van der Waals surface area contributed by atoms with Crippen LogP contribution in [-0.4, -0.2) is 64.8 Å². The van der Waals surface area contributed by atoms with E-state index in [1.165, 1.54) is 11.1 Å². The number of piperidine rings is 1. The molecule has 4 N–H and O–H groups in total. The Balaban J connectivity index is 1.29. The lowest BCUT2D eigenvalue weighted by molar-refractivity contribution is 0.0473. The molecule has 1 saturated heterocycles. The number of benzene rings is 2. The molecule has 31 heavy (non-hydrogen) atoms. The summed E-state index contributed by atoms with van der Waals surface area (Å²) in [6.07, 6.45) is 1.05. The monoisotopic (exact) mass is 423 g/mol. The van der Waals surface area contributed by atoms with Crippen LogP contribution in [0.3, 0.4) is 0 Å². The number of likely N-dealkylation sites (tertiary alicyclic amines) is 1. The third-order valence-electron chi connectivity index (χ3n) is 6.13. The minimum Gasteiger partial charge on any atom is -0.391 e. The van der Waals surface area contributed by atoms with Crippen LogP contribution in [0.2, 0.25) is 0 Å². The molecule has 0 radical (unpaired) electrons. The fourth-order valence-electron chi connectivity index (χ4n) is 4.28. The summed E-state index contributed by atoms with van der Waals surface area (Å²) in [5.74, 6) is -0.424. The topological polar surface area (TPSA) is 102 Å². The molecule has 7 heteroatoms. The van der Waals surface area contributed by atoms with Crippen LogP contribution in [0.15, 0.2) is 48.5 Å². The van der Waals surface area contributed by atoms with Crippen LogP contribution >= 0.6 is 0 Å². The normalized spacial score (nSPS) is 21.8. The van der Waals surface area contributed by atoms with E-state index in [2.05, 4.69) is 22.8 Å². The van der Waals surface area contributed by atoms with E-state index in [-0.39, 0.29) is 24.4 Å². The first-order valence-electron chi connectivity index (χ1n) is 10.8. The third-order valence-corrected chi connectivity index (χ3v) is 6.13. The minimum absolute atomic E-state index is 0.116. The van der Waals surface area contributed by atoms with E-state index in [1.54, 1.807) is 29.2 Å². The van der Waals surface area contributed by atoms with Crippen molar-refractivity contribution in [2.45, 2.75) is 44.1 Å². The fraction of sp³-hybridized carbons (Fsp3) is 0.417. The Morgan fingerprint density at radius 2 is 1.81 bits per heavy atom. The predicted octanol–water partition coefficient (Wildman–Crippen LogP) is 1.09. The van der Waals surface area contributed by atoms with E-state index in [0.717, 1.165) is 19.3 Å². The van der Waals surface area contributed by atoms with Gasteiger partial charge in [0.05, 0.1) is 12.2 Å². The standard InChI is InChI=1S/C24H29N3O4/c28-20-6-3-11-27(15-20)24(31)17-9-7-16(8-10-17)23(30)26-14-22(29)21-12-18-4-1-2-5-19(18)13-25-21/h1-2,4-5,7-10,20-22,25,28-29H,3,6,11-15H2,(H,26,30)/t20?,21-,22?/m0/s1. The zero-order valence-corrected chi connectivity index (χ0v) is 17.5. The van der Waals surface area contributed by atoms with Gasteiger partial charge < -0.3 is 25.7 Å². The van der Waals surface area contributed by atoms with Gasteiger partial charge in [-0.25, -0.2) is 0 Å². The van der Waals surface area contributed by atoms with Gasteiger partial charge in [0.2, 0.25) is 0 Å². The Labute approximate surface area is 182 Å². The van der Waals surface area contributed by atoms with E-state index in [9.17, 15) is 19.8 Å². The Morgan fingerprint density at radius 1 is 1.10 bits per heavy atom. The zero-order chi connectivity index (χ0) is 21.8. The highest BCUT2D eigenvalue weighted by atomic mass is 16.3. The second-order valence-electron chi connectivity index (χ2n) is 8.36. The summed E-state index contributed by atoms with van der Waals surface area (Å²) >= 11 is 0. The van der Waals surface area contributed by atoms with E-state index in [1.807, 2.05) is 12.1 Å². The molecular formula is C24H29N3O4. The summed E-state index contributed by atoms with van der Waals surface area (Å²) in [6, 6.07) is 14.5. The Kier molecular flexibility index (Phi) is 6.65. The number of nitrogens with zero attached hydrogens (tertiary/aromatic N) is 1. The second kappa shape index (κ2) is 9.60. The van der Waals surface area contributed by atoms with Gasteiger partial charge in [-0.05, 0) is 54.7 Å². The van der Waals surface area contributed by atoms with Gasteiger partial charge >= 0.3 is 0 Å². The van der Waals surface area contributed by atoms with Crippen molar-refractivity contribution in [1.82, 2.24) is 15.5 Å². The van der Waals surface area contributed by atoms with Gasteiger partial charge in [0.1, 0.15) is 0 Å². The molecule has 2 heterocycles. The third kappa shape index (κ3) is 5.12. The van der Waals surface area contributed by atoms with Gasteiger partial charge in [-0.1, -0.05) is 24.3 Å². The number of hydrogen-bond acceptors (Lipinski definition) is 5. The summed E-state index contributed by atoms with van der Waals surface area (Å²) in [4.78, 5) is 26.7. The van der Waals surface area contributed by atoms with Gasteiger partial charge in [-0.2, -0.15) is 0 Å². The highest BCUT2D eigenvalue weighted by molar-refractivity contribution is 5.97. The fourth-order valence-corrected chi connectivity index (χ4v) is 4.28. The smallest absolute Gasteiger partial charge is 0.253 e. The number of carbonyl (C=O) groups is 2. The number of rotatable bonds is 5. The van der Waals surface area contributed by atoms with Crippen LogP contribution in [-0.2, 0) is 13.0 Å². The van der Waals surface area contributed by atoms with E-state index in [0.29, 0.717) is 30.8 Å². The quantitative estimate of drug-likeness (QED) is 0.577. The van der Waals surface area contributed by atoms with Crippen molar-refractivity contribution in [3.63, 3.8) is 0 Å². The van der Waals surface area contributed by atoms with Crippen molar-refractivity contribution in [1.29, 1.82) is 0 Å². The van der Waals surface area contributed by atoms with E-state index in [4.69, 9.17) is 0 Å². The van der Waals surface area contributed by atoms with Gasteiger partial charge in [0.15, 0.2) is 0 Å². The minimum atomic E-state index is -0.705. The van der Waals surface area contributed by atoms with Crippen LogP contribution < -0.4 is 10.6 Å². The number of β-amino-alcohol motifs (C(OH)–C–C–N with tert-alkyl or cyclic N) is 1. The van der Waals surface area contributed by atoms with Crippen molar-refractivity contribution >= 4 is 11.8 Å². The molecule has 0 aromatic heterocycles. The molecule has 2 aliphatic rings. The first-order valence-corrected chi connectivity index (χ1v) is 10.8. The largest absolute Gasteiger partial charge is 0.391 e. The molecule has 7 nitrogen and oxygen atoms in total. The van der Waals surface area contributed by atoms with Crippen molar-refractivity contribution in [3.8, 4) is 0 Å². The van der Waals surface area contributed by atoms with Gasteiger partial charge in [-0.3, -0.25) is 9.59 Å². The predicted molar refractivity (Wildman–Crippen MR) is 117 cm³/mol. The van der Waals surface area contributed by atoms with Crippen LogP contribution in [0.5, 0.6) is 0 Å². The first-order chi connectivity index (χ1) is 15.0. The van der Waals surface area contributed by atoms with Crippen molar-refractivity contribution in [3.05, 3.63) is 70.8 Å². The lowest BCUT2D eigenvalue weighted by Gasteiger charge is -2.30. The Bertz CT molecular complexity index is 931. The number of carbonyl (C=O) groups excluding carboxylic acids is 2. The molecular weight excluding hydrogens is 394 g/mol. The van der Waals surface area contributed by atoms with Gasteiger partial charge in [-0.15, -0.1) is 0 Å². The van der Waals surface area contributed by atoms with Gasteiger partial charge in [0, 0.05) is 43.3 Å². The molecule has 0 saturated carbocycles. The SMILES string of the molecule is O=C(NCC(O)[C@@H]1Cc2ccccc2CN1)c1ccc(C(=O)N2CCCC(O)C2)cc1. The van der Waals surface area contributed by atoms with Gasteiger partial charge in [0.25, 0.3) is 11.8 Å². The first kappa shape index (κ1) is 21.5. The van der Waals surface area contributed by atoms with E-state index < -0.39 is 12.2 Å². The molecule has 4 rings (SSSR count). The maximum absolute atomic E-state index is 12.6. The highest BCUT2D eigenvalue weighted by Gasteiger charge is 2.25. The molecule has 2 aliphatic heterocycles. The Morgan fingerprint density at radius 3 is 2.55 bits per heavy atom. The number of nitrogens with one attached hydrogen (secondary N) is 2. The molecule has 0 spiro atoms. The summed E-state index contributed by atoms with van der Waals surface area (Å²) in [5, 5.41) is 26.4. The number of amides is 2. The number of aliphatic hydroxyl groups excluding tert-OH is 2. The average molecular weight is 424 g/mol. The van der Waals surface area contributed by atoms with Crippen LogP contribution in [0.4, 0.5) is 0 Å². The highest BCUT2D eigenvalue weighted by Crippen LogP contribution is 2.18. The second-order valence-corrected chi connectivity index (χ2v) is 8.36. The summed E-state index contributed by atoms with van der Waals surface area (Å²) < 4.78 is 0. The number of hydrogen-bond donors (Lipinski definition) is 4. The molecule has 2 aromatic rings. The van der Waals surface area contributed by atoms with E-state index >= 15 is 0 Å². The molecule has 3 atom stereocenters. The maximum Gasteiger partial charge on any atom is 0.253 e. The summed E-state index contributed by atoms with van der Waals surface area (Å²) in [6.45, 7) is 1.83. The Hall–Kier alpha value is -2.74. The zero-order valence-electron chi connectivity index (χ0n) is 17.5. The molecule has 1 fully saturated rings. The lowest BCUT2D eigenvalue weighted by atomic mass is 9.93.